The van der Waals surface area contributed by atoms with E-state index in [1.165, 1.54) is 0 Å². The molecule has 5 heteroatoms. The summed E-state index contributed by atoms with van der Waals surface area (Å²) in [5, 5.41) is 4.17. The standard InChI is InChI=1S/C45H29N3O2/c1-5-15-31(16-6-1)47(32-17-7-2-8-18-32)35-27-30(28-36(29-35)48(33-19-9-3-10-20-33)34-21-11-4-12-22-34)45-46-43-37-23-13-25-39-41(37)42-38(44(43)50-45)24-14-26-40(42)49-39/h1-29H. The Kier molecular flexibility index (Phi) is 6.42. The van der Waals surface area contributed by atoms with E-state index < -0.39 is 0 Å². The van der Waals surface area contributed by atoms with Crippen molar-refractivity contribution in [1.29, 1.82) is 0 Å². The van der Waals surface area contributed by atoms with Crippen molar-refractivity contribution in [2.45, 2.75) is 0 Å². The number of rotatable bonds is 7. The van der Waals surface area contributed by atoms with Gasteiger partial charge in [0.05, 0.1) is 0 Å². The van der Waals surface area contributed by atoms with Crippen LogP contribution >= 0.6 is 0 Å². The van der Waals surface area contributed by atoms with E-state index in [2.05, 4.69) is 137 Å². The molecule has 2 heterocycles. The lowest BCUT2D eigenvalue weighted by atomic mass is 10.0. The van der Waals surface area contributed by atoms with Crippen LogP contribution in [0.15, 0.2) is 185 Å². The van der Waals surface area contributed by atoms with E-state index in [1.807, 2.05) is 48.5 Å². The van der Waals surface area contributed by atoms with Gasteiger partial charge in [-0.2, -0.15) is 0 Å². The van der Waals surface area contributed by atoms with Crippen LogP contribution in [0.25, 0.3) is 55.3 Å². The van der Waals surface area contributed by atoms with Crippen LogP contribution in [0.3, 0.4) is 0 Å². The zero-order chi connectivity index (χ0) is 33.0. The highest BCUT2D eigenvalue weighted by Gasteiger charge is 2.24. The molecule has 50 heavy (non-hydrogen) atoms. The van der Waals surface area contributed by atoms with Gasteiger partial charge in [0.25, 0.3) is 0 Å². The average Bonchev–Trinajstić information content (AvgIpc) is 3.80. The first-order valence-corrected chi connectivity index (χ1v) is 16.7. The van der Waals surface area contributed by atoms with Crippen LogP contribution < -0.4 is 9.80 Å². The first kappa shape index (κ1) is 28.2. The second kappa shape index (κ2) is 11.4. The molecule has 0 saturated heterocycles. The highest BCUT2D eigenvalue weighted by atomic mass is 16.3. The number of hydrogen-bond acceptors (Lipinski definition) is 5. The smallest absolute Gasteiger partial charge is 0.227 e. The third-order valence-electron chi connectivity index (χ3n) is 9.37. The van der Waals surface area contributed by atoms with Gasteiger partial charge in [-0.1, -0.05) is 97.1 Å². The molecule has 0 unspecified atom stereocenters. The third kappa shape index (κ3) is 4.52. The number of para-hydroxylation sites is 4. The molecule has 0 saturated carbocycles. The summed E-state index contributed by atoms with van der Waals surface area (Å²) in [6.45, 7) is 0. The van der Waals surface area contributed by atoms with E-state index in [0.717, 1.165) is 83.5 Å². The monoisotopic (exact) mass is 643 g/mol. The normalized spacial score (nSPS) is 11.6. The molecule has 236 valence electrons. The summed E-state index contributed by atoms with van der Waals surface area (Å²) in [4.78, 5) is 9.82. The molecule has 8 aromatic carbocycles. The second-order valence-electron chi connectivity index (χ2n) is 12.4. The Labute approximate surface area is 288 Å². The van der Waals surface area contributed by atoms with Gasteiger partial charge < -0.3 is 18.6 Å². The molecule has 10 rings (SSSR count). The van der Waals surface area contributed by atoms with E-state index in [1.54, 1.807) is 0 Å². The molecular formula is C45H29N3O2. The van der Waals surface area contributed by atoms with Crippen LogP contribution in [0.5, 0.6) is 0 Å². The molecule has 0 aliphatic rings. The van der Waals surface area contributed by atoms with Crippen molar-refractivity contribution in [3.63, 3.8) is 0 Å². The van der Waals surface area contributed by atoms with Crippen molar-refractivity contribution >= 4 is 77.9 Å². The van der Waals surface area contributed by atoms with Crippen LogP contribution in [0.4, 0.5) is 34.1 Å². The van der Waals surface area contributed by atoms with Gasteiger partial charge in [-0.3, -0.25) is 0 Å². The quantitative estimate of drug-likeness (QED) is 0.162. The first-order valence-electron chi connectivity index (χ1n) is 16.7. The van der Waals surface area contributed by atoms with Crippen molar-refractivity contribution in [3.05, 3.63) is 176 Å². The molecule has 0 radical (unpaired) electrons. The third-order valence-corrected chi connectivity index (χ3v) is 9.37. The summed E-state index contributed by atoms with van der Waals surface area (Å²) in [5.74, 6) is 0.552. The molecule has 0 N–H and O–H groups in total. The Morgan fingerprint density at radius 1 is 0.380 bits per heavy atom. The zero-order valence-electron chi connectivity index (χ0n) is 26.9. The second-order valence-corrected chi connectivity index (χ2v) is 12.4. The van der Waals surface area contributed by atoms with Crippen molar-refractivity contribution < 1.29 is 8.83 Å². The largest absolute Gasteiger partial charge is 0.456 e. The van der Waals surface area contributed by atoms with Gasteiger partial charge in [0.15, 0.2) is 5.58 Å². The van der Waals surface area contributed by atoms with Crippen LogP contribution in [0, 0.1) is 0 Å². The number of oxazole rings is 1. The SMILES string of the molecule is c1ccc(N(c2ccccc2)c2cc(-c3nc4c5cccc6oc7cccc(c4o3)c7c65)cc(N(c3ccccc3)c3ccccc3)c2)cc1. The van der Waals surface area contributed by atoms with E-state index >= 15 is 0 Å². The Balaban J connectivity index is 1.27. The summed E-state index contributed by atoms with van der Waals surface area (Å²) < 4.78 is 13.1. The Bertz CT molecular complexity index is 2490. The topological polar surface area (TPSA) is 45.7 Å². The lowest BCUT2D eigenvalue weighted by molar-refractivity contribution is 0.623. The molecule has 0 atom stereocenters. The summed E-state index contributed by atoms with van der Waals surface area (Å²) in [7, 11) is 0. The molecule has 0 bridgehead atoms. The van der Waals surface area contributed by atoms with Crippen molar-refractivity contribution in [1.82, 2.24) is 4.98 Å². The molecule has 0 fully saturated rings. The van der Waals surface area contributed by atoms with Gasteiger partial charge >= 0.3 is 0 Å². The fourth-order valence-electron chi connectivity index (χ4n) is 7.24. The van der Waals surface area contributed by atoms with Gasteiger partial charge in [0, 0.05) is 61.2 Å². The summed E-state index contributed by atoms with van der Waals surface area (Å²) >= 11 is 0. The lowest BCUT2D eigenvalue weighted by Gasteiger charge is -2.30. The van der Waals surface area contributed by atoms with Crippen molar-refractivity contribution in [3.8, 4) is 11.5 Å². The minimum Gasteiger partial charge on any atom is -0.456 e. The van der Waals surface area contributed by atoms with E-state index in [4.69, 9.17) is 13.8 Å². The predicted molar refractivity (Wildman–Crippen MR) is 205 cm³/mol. The van der Waals surface area contributed by atoms with Gasteiger partial charge in [-0.15, -0.1) is 0 Å². The molecule has 0 amide bonds. The van der Waals surface area contributed by atoms with Crippen LogP contribution in [0.2, 0.25) is 0 Å². The number of hydrogen-bond donors (Lipinski definition) is 0. The number of anilines is 6. The van der Waals surface area contributed by atoms with E-state index in [-0.39, 0.29) is 0 Å². The van der Waals surface area contributed by atoms with E-state index in [9.17, 15) is 0 Å². The van der Waals surface area contributed by atoms with Crippen molar-refractivity contribution in [2.75, 3.05) is 9.80 Å². The molecule has 0 aliphatic carbocycles. The maximum atomic E-state index is 6.84. The van der Waals surface area contributed by atoms with Crippen molar-refractivity contribution in [2.24, 2.45) is 0 Å². The van der Waals surface area contributed by atoms with Crippen LogP contribution in [-0.4, -0.2) is 4.98 Å². The fraction of sp³-hybridized carbons (Fsp3) is 0. The molecule has 0 aliphatic heterocycles. The van der Waals surface area contributed by atoms with Crippen LogP contribution in [-0.2, 0) is 0 Å². The molecule has 2 aromatic heterocycles. The van der Waals surface area contributed by atoms with Gasteiger partial charge in [-0.05, 0) is 78.9 Å². The predicted octanol–water partition coefficient (Wildman–Crippen LogP) is 12.9. The van der Waals surface area contributed by atoms with Gasteiger partial charge in [0.2, 0.25) is 5.89 Å². The first-order chi connectivity index (χ1) is 24.8. The van der Waals surface area contributed by atoms with Crippen LogP contribution in [0.1, 0.15) is 0 Å². The zero-order valence-corrected chi connectivity index (χ0v) is 26.9. The highest BCUT2D eigenvalue weighted by Crippen LogP contribution is 2.46. The van der Waals surface area contributed by atoms with Gasteiger partial charge in [0.1, 0.15) is 16.7 Å². The molecule has 0 spiro atoms. The van der Waals surface area contributed by atoms with Gasteiger partial charge in [-0.25, -0.2) is 4.98 Å². The summed E-state index contributed by atoms with van der Waals surface area (Å²) in [6, 6.07) is 60.8. The molecular weight excluding hydrogens is 615 g/mol. The number of fused-ring (bicyclic) bond motifs is 3. The average molecular weight is 644 g/mol. The maximum Gasteiger partial charge on any atom is 0.227 e. The van der Waals surface area contributed by atoms with E-state index in [0.29, 0.717) is 5.89 Å². The summed E-state index contributed by atoms with van der Waals surface area (Å²) in [6.07, 6.45) is 0. The number of benzene rings is 8. The molecule has 5 nitrogen and oxygen atoms in total. The maximum absolute atomic E-state index is 6.84. The Morgan fingerprint density at radius 3 is 1.30 bits per heavy atom. The number of aromatic nitrogens is 1. The highest BCUT2D eigenvalue weighted by molar-refractivity contribution is 6.31. The number of nitrogens with zero attached hydrogens (tertiary/aromatic N) is 3. The molecule has 10 aromatic rings. The minimum absolute atomic E-state index is 0.552. The summed E-state index contributed by atoms with van der Waals surface area (Å²) in [5.41, 5.74) is 10.3. The number of furan rings is 1. The Morgan fingerprint density at radius 2 is 0.820 bits per heavy atom. The minimum atomic E-state index is 0.552. The lowest BCUT2D eigenvalue weighted by Crippen LogP contribution is -2.13. The Hall–Kier alpha value is -6.85. The fourth-order valence-corrected chi connectivity index (χ4v) is 7.24.